The Balaban J connectivity index is 1.89. The Hall–Kier alpha value is -1.36. The number of hydrogen-bond donors (Lipinski definition) is 0. The molecule has 21 heavy (non-hydrogen) atoms. The molecule has 2 aromatic rings. The van der Waals surface area contributed by atoms with Crippen molar-refractivity contribution in [2.75, 3.05) is 6.54 Å². The van der Waals surface area contributed by atoms with Gasteiger partial charge in [-0.3, -0.25) is 0 Å². The van der Waals surface area contributed by atoms with Gasteiger partial charge in [0.25, 0.3) is 0 Å². The second-order valence-electron chi connectivity index (χ2n) is 5.13. The van der Waals surface area contributed by atoms with Crippen molar-refractivity contribution in [3.8, 4) is 0 Å². The Kier molecular flexibility index (Phi) is 4.02. The van der Waals surface area contributed by atoms with Crippen LogP contribution in [0.5, 0.6) is 0 Å². The van der Waals surface area contributed by atoms with Crippen molar-refractivity contribution in [1.29, 1.82) is 0 Å². The summed E-state index contributed by atoms with van der Waals surface area (Å²) in [5, 5.41) is 0. The van der Waals surface area contributed by atoms with Crippen LogP contribution in [0.25, 0.3) is 0 Å². The molecule has 3 nitrogen and oxygen atoms in total. The number of nitrogens with zero attached hydrogens (tertiary/aromatic N) is 1. The Morgan fingerprint density at radius 3 is 2.33 bits per heavy atom. The summed E-state index contributed by atoms with van der Waals surface area (Å²) >= 11 is 5.74. The van der Waals surface area contributed by atoms with Crippen molar-refractivity contribution in [3.63, 3.8) is 0 Å². The highest BCUT2D eigenvalue weighted by molar-refractivity contribution is 7.89. The summed E-state index contributed by atoms with van der Waals surface area (Å²) in [7, 11) is -3.44. The van der Waals surface area contributed by atoms with Gasteiger partial charge in [-0.05, 0) is 35.2 Å². The lowest BCUT2D eigenvalue weighted by molar-refractivity contribution is 0.391. The highest BCUT2D eigenvalue weighted by Crippen LogP contribution is 2.25. The van der Waals surface area contributed by atoms with E-state index in [1.54, 1.807) is 28.6 Å². The molecule has 0 saturated heterocycles. The lowest BCUT2D eigenvalue weighted by atomic mass is 10.0. The first-order chi connectivity index (χ1) is 10.1. The molecule has 3 rings (SSSR count). The second kappa shape index (κ2) is 5.79. The first-order valence-corrected chi connectivity index (χ1v) is 8.80. The summed E-state index contributed by atoms with van der Waals surface area (Å²) in [5.41, 5.74) is 3.24. The number of halogens is 1. The van der Waals surface area contributed by atoms with Crippen LogP contribution in [-0.4, -0.2) is 19.3 Å². The lowest BCUT2D eigenvalue weighted by Crippen LogP contribution is -2.35. The fourth-order valence-corrected chi connectivity index (χ4v) is 4.17. The first kappa shape index (κ1) is 14.6. The molecule has 2 aromatic carbocycles. The Morgan fingerprint density at radius 2 is 1.67 bits per heavy atom. The minimum Gasteiger partial charge on any atom is -0.207 e. The van der Waals surface area contributed by atoms with Crippen molar-refractivity contribution < 1.29 is 8.42 Å². The maximum atomic E-state index is 12.7. The summed E-state index contributed by atoms with van der Waals surface area (Å²) in [5.74, 6) is 0.386. The van der Waals surface area contributed by atoms with Crippen LogP contribution in [0.2, 0.25) is 0 Å². The summed E-state index contributed by atoms with van der Waals surface area (Å²) in [6, 6.07) is 14.8. The fraction of sp³-hybridized carbons (Fsp3) is 0.250. The van der Waals surface area contributed by atoms with E-state index in [1.807, 2.05) is 18.2 Å². The fourth-order valence-electron chi connectivity index (χ4n) is 2.57. The van der Waals surface area contributed by atoms with E-state index >= 15 is 0 Å². The molecule has 0 unspecified atom stereocenters. The Morgan fingerprint density at radius 1 is 1.00 bits per heavy atom. The maximum Gasteiger partial charge on any atom is 0.243 e. The molecular formula is C16H16ClNO2S. The average molecular weight is 322 g/mol. The number of alkyl halides is 1. The molecule has 110 valence electrons. The SMILES string of the molecule is O=S(=O)(c1ccc(CCl)cc1)N1CCc2ccccc2C1. The van der Waals surface area contributed by atoms with E-state index in [0.29, 0.717) is 23.9 Å². The van der Waals surface area contributed by atoms with Crippen molar-refractivity contribution in [2.24, 2.45) is 0 Å². The van der Waals surface area contributed by atoms with Crippen molar-refractivity contribution in [1.82, 2.24) is 4.31 Å². The molecule has 1 aliphatic rings. The van der Waals surface area contributed by atoms with Crippen LogP contribution >= 0.6 is 11.6 Å². The van der Waals surface area contributed by atoms with Crippen LogP contribution in [0.3, 0.4) is 0 Å². The van der Waals surface area contributed by atoms with E-state index in [2.05, 4.69) is 6.07 Å². The standard InChI is InChI=1S/C16H16ClNO2S/c17-11-13-5-7-16(8-6-13)21(19,20)18-10-9-14-3-1-2-4-15(14)12-18/h1-8H,9-12H2. The number of sulfonamides is 1. The van der Waals surface area contributed by atoms with Crippen LogP contribution in [0.4, 0.5) is 0 Å². The minimum absolute atomic E-state index is 0.329. The summed E-state index contributed by atoms with van der Waals surface area (Å²) in [6.07, 6.45) is 0.759. The van der Waals surface area contributed by atoms with Gasteiger partial charge in [-0.1, -0.05) is 36.4 Å². The van der Waals surface area contributed by atoms with Gasteiger partial charge in [-0.2, -0.15) is 4.31 Å². The molecule has 5 heteroatoms. The van der Waals surface area contributed by atoms with Gasteiger partial charge in [0, 0.05) is 19.0 Å². The largest absolute Gasteiger partial charge is 0.243 e. The summed E-state index contributed by atoms with van der Waals surface area (Å²) in [6.45, 7) is 0.965. The number of hydrogen-bond acceptors (Lipinski definition) is 2. The third kappa shape index (κ3) is 2.84. The van der Waals surface area contributed by atoms with Crippen LogP contribution in [0.15, 0.2) is 53.4 Å². The van der Waals surface area contributed by atoms with Crippen molar-refractivity contribution in [2.45, 2.75) is 23.7 Å². The molecule has 0 fully saturated rings. The van der Waals surface area contributed by atoms with E-state index in [9.17, 15) is 8.42 Å². The van der Waals surface area contributed by atoms with E-state index in [-0.39, 0.29) is 0 Å². The molecule has 0 radical (unpaired) electrons. The molecular weight excluding hydrogens is 306 g/mol. The maximum absolute atomic E-state index is 12.7. The van der Waals surface area contributed by atoms with E-state index in [0.717, 1.165) is 17.5 Å². The van der Waals surface area contributed by atoms with Gasteiger partial charge >= 0.3 is 0 Å². The highest BCUT2D eigenvalue weighted by Gasteiger charge is 2.27. The van der Waals surface area contributed by atoms with Gasteiger partial charge in [0.1, 0.15) is 0 Å². The van der Waals surface area contributed by atoms with E-state index < -0.39 is 10.0 Å². The molecule has 0 saturated carbocycles. The molecule has 0 aromatic heterocycles. The average Bonchev–Trinajstić information content (AvgIpc) is 2.54. The van der Waals surface area contributed by atoms with Gasteiger partial charge in [-0.25, -0.2) is 8.42 Å². The summed E-state index contributed by atoms with van der Waals surface area (Å²) in [4.78, 5) is 0.329. The molecule has 0 bridgehead atoms. The van der Waals surface area contributed by atoms with Crippen LogP contribution in [-0.2, 0) is 28.9 Å². The van der Waals surface area contributed by atoms with Gasteiger partial charge in [-0.15, -0.1) is 11.6 Å². The smallest absolute Gasteiger partial charge is 0.207 e. The van der Waals surface area contributed by atoms with Gasteiger partial charge in [0.05, 0.1) is 4.90 Å². The predicted octanol–water partition coefficient (Wildman–Crippen LogP) is 3.17. The van der Waals surface area contributed by atoms with E-state index in [4.69, 9.17) is 11.6 Å². The van der Waals surface area contributed by atoms with Crippen LogP contribution in [0.1, 0.15) is 16.7 Å². The summed E-state index contributed by atoms with van der Waals surface area (Å²) < 4.78 is 26.9. The molecule has 1 aliphatic heterocycles. The normalized spacial score (nSPS) is 15.7. The third-order valence-electron chi connectivity index (χ3n) is 3.81. The number of fused-ring (bicyclic) bond motifs is 1. The van der Waals surface area contributed by atoms with Crippen molar-refractivity contribution >= 4 is 21.6 Å². The van der Waals surface area contributed by atoms with Crippen LogP contribution < -0.4 is 0 Å². The molecule has 1 heterocycles. The lowest BCUT2D eigenvalue weighted by Gasteiger charge is -2.28. The Bertz CT molecular complexity index is 741. The van der Waals surface area contributed by atoms with Gasteiger partial charge in [0.2, 0.25) is 10.0 Å². The zero-order valence-corrected chi connectivity index (χ0v) is 13.1. The second-order valence-corrected chi connectivity index (χ2v) is 7.34. The third-order valence-corrected chi connectivity index (χ3v) is 5.98. The first-order valence-electron chi connectivity index (χ1n) is 6.83. The quantitative estimate of drug-likeness (QED) is 0.814. The zero-order valence-electron chi connectivity index (χ0n) is 11.5. The molecule has 0 aliphatic carbocycles. The topological polar surface area (TPSA) is 37.4 Å². The molecule has 0 spiro atoms. The van der Waals surface area contributed by atoms with Gasteiger partial charge in [0.15, 0.2) is 0 Å². The monoisotopic (exact) mass is 321 g/mol. The highest BCUT2D eigenvalue weighted by atomic mass is 35.5. The molecule has 0 amide bonds. The van der Waals surface area contributed by atoms with Crippen LogP contribution in [0, 0.1) is 0 Å². The number of benzene rings is 2. The molecule has 0 N–H and O–H groups in total. The van der Waals surface area contributed by atoms with E-state index in [1.165, 1.54) is 5.56 Å². The minimum atomic E-state index is -3.44. The van der Waals surface area contributed by atoms with Gasteiger partial charge < -0.3 is 0 Å². The molecule has 0 atom stereocenters. The predicted molar refractivity (Wildman–Crippen MR) is 83.7 cm³/mol. The van der Waals surface area contributed by atoms with Crippen molar-refractivity contribution in [3.05, 3.63) is 65.2 Å². The zero-order chi connectivity index (χ0) is 14.9. The Labute approximate surface area is 130 Å². The number of rotatable bonds is 3.